The molecule has 4 N–H and O–H groups in total. The maximum atomic E-state index is 6.04. The molecule has 0 bridgehead atoms. The molecule has 0 amide bonds. The molecule has 1 rings (SSSR count). The van der Waals surface area contributed by atoms with Crippen molar-refractivity contribution in [3.63, 3.8) is 0 Å². The summed E-state index contributed by atoms with van der Waals surface area (Å²) in [4.78, 5) is 0. The zero-order valence-corrected chi connectivity index (χ0v) is 9.66. The van der Waals surface area contributed by atoms with E-state index >= 15 is 0 Å². The van der Waals surface area contributed by atoms with E-state index in [4.69, 9.17) is 16.2 Å². The molecule has 0 fully saturated rings. The van der Waals surface area contributed by atoms with Crippen LogP contribution in [0.3, 0.4) is 0 Å². The van der Waals surface area contributed by atoms with Gasteiger partial charge < -0.3 is 16.2 Å². The Morgan fingerprint density at radius 1 is 1.33 bits per heavy atom. The van der Waals surface area contributed by atoms with E-state index in [0.717, 1.165) is 23.3 Å². The van der Waals surface area contributed by atoms with E-state index in [1.54, 1.807) is 7.11 Å². The minimum atomic E-state index is 0.00889. The van der Waals surface area contributed by atoms with Crippen molar-refractivity contribution in [2.75, 3.05) is 7.11 Å². The molecule has 3 nitrogen and oxygen atoms in total. The fourth-order valence-electron chi connectivity index (χ4n) is 1.67. The Balaban J connectivity index is 2.82. The van der Waals surface area contributed by atoms with Gasteiger partial charge in [-0.3, -0.25) is 0 Å². The van der Waals surface area contributed by atoms with E-state index in [2.05, 4.69) is 6.07 Å². The second-order valence-corrected chi connectivity index (χ2v) is 4.05. The maximum Gasteiger partial charge on any atom is 0.121 e. The van der Waals surface area contributed by atoms with Crippen LogP contribution in [-0.4, -0.2) is 13.2 Å². The van der Waals surface area contributed by atoms with Gasteiger partial charge in [0.1, 0.15) is 5.75 Å². The maximum absolute atomic E-state index is 6.04. The van der Waals surface area contributed by atoms with Crippen LogP contribution >= 0.6 is 0 Å². The van der Waals surface area contributed by atoms with Crippen molar-refractivity contribution in [1.29, 1.82) is 0 Å². The molecule has 0 aliphatic rings. The highest BCUT2D eigenvalue weighted by Crippen LogP contribution is 2.23. The highest BCUT2D eigenvalue weighted by molar-refractivity contribution is 5.37. The molecule has 0 aliphatic heterocycles. The standard InChI is InChI=1S/C12H20N2O/c1-8-6-10(4-5-12(8)15-3)11(14)7-9(2)13/h4-6,9,11H,7,13-14H2,1-3H3. The van der Waals surface area contributed by atoms with Gasteiger partial charge in [-0.2, -0.15) is 0 Å². The van der Waals surface area contributed by atoms with Crippen LogP contribution < -0.4 is 16.2 Å². The first kappa shape index (κ1) is 12.0. The van der Waals surface area contributed by atoms with Crippen LogP contribution in [0, 0.1) is 6.92 Å². The molecule has 0 saturated carbocycles. The average Bonchev–Trinajstić information content (AvgIpc) is 2.16. The summed E-state index contributed by atoms with van der Waals surface area (Å²) in [6.45, 7) is 3.98. The molecular formula is C12H20N2O. The van der Waals surface area contributed by atoms with Gasteiger partial charge in [0.15, 0.2) is 0 Å². The average molecular weight is 208 g/mol. The van der Waals surface area contributed by atoms with E-state index in [1.165, 1.54) is 0 Å². The van der Waals surface area contributed by atoms with Crippen molar-refractivity contribution < 1.29 is 4.74 Å². The van der Waals surface area contributed by atoms with Crippen molar-refractivity contribution >= 4 is 0 Å². The van der Waals surface area contributed by atoms with Gasteiger partial charge in [0.2, 0.25) is 0 Å². The molecule has 0 saturated heterocycles. The molecule has 1 aromatic rings. The molecule has 15 heavy (non-hydrogen) atoms. The van der Waals surface area contributed by atoms with Crippen LogP contribution in [0.15, 0.2) is 18.2 Å². The molecule has 2 atom stereocenters. The van der Waals surface area contributed by atoms with E-state index in [-0.39, 0.29) is 12.1 Å². The van der Waals surface area contributed by atoms with Gasteiger partial charge in [0, 0.05) is 12.1 Å². The van der Waals surface area contributed by atoms with Crippen LogP contribution in [0.1, 0.15) is 30.5 Å². The molecule has 1 aromatic carbocycles. The zero-order valence-electron chi connectivity index (χ0n) is 9.66. The van der Waals surface area contributed by atoms with Crippen molar-refractivity contribution in [3.05, 3.63) is 29.3 Å². The van der Waals surface area contributed by atoms with Gasteiger partial charge in [-0.25, -0.2) is 0 Å². The lowest BCUT2D eigenvalue weighted by Gasteiger charge is -2.16. The van der Waals surface area contributed by atoms with E-state index < -0.39 is 0 Å². The van der Waals surface area contributed by atoms with Gasteiger partial charge in [-0.05, 0) is 37.5 Å². The number of aryl methyl sites for hydroxylation is 1. The summed E-state index contributed by atoms with van der Waals surface area (Å²) in [6.07, 6.45) is 0.797. The van der Waals surface area contributed by atoms with E-state index in [1.807, 2.05) is 26.0 Å². The predicted octanol–water partition coefficient (Wildman–Crippen LogP) is 1.74. The molecule has 84 valence electrons. The minimum Gasteiger partial charge on any atom is -0.496 e. The zero-order chi connectivity index (χ0) is 11.4. The van der Waals surface area contributed by atoms with Crippen molar-refractivity contribution in [2.45, 2.75) is 32.4 Å². The molecule has 0 aliphatic carbocycles. The first-order valence-electron chi connectivity index (χ1n) is 5.20. The lowest BCUT2D eigenvalue weighted by molar-refractivity contribution is 0.411. The van der Waals surface area contributed by atoms with Crippen molar-refractivity contribution in [1.82, 2.24) is 0 Å². The largest absolute Gasteiger partial charge is 0.496 e. The molecule has 0 heterocycles. The Labute approximate surface area is 91.4 Å². The third-order valence-corrected chi connectivity index (χ3v) is 2.47. The van der Waals surface area contributed by atoms with Gasteiger partial charge in [0.05, 0.1) is 7.11 Å². The summed E-state index contributed by atoms with van der Waals surface area (Å²) >= 11 is 0. The molecule has 3 heteroatoms. The molecule has 0 aromatic heterocycles. The van der Waals surface area contributed by atoms with Gasteiger partial charge in [0.25, 0.3) is 0 Å². The van der Waals surface area contributed by atoms with Crippen molar-refractivity contribution in [2.24, 2.45) is 11.5 Å². The lowest BCUT2D eigenvalue weighted by atomic mass is 9.99. The highest BCUT2D eigenvalue weighted by Gasteiger charge is 2.09. The number of nitrogens with two attached hydrogens (primary N) is 2. The van der Waals surface area contributed by atoms with Gasteiger partial charge >= 0.3 is 0 Å². The monoisotopic (exact) mass is 208 g/mol. The Hall–Kier alpha value is -1.06. The fraction of sp³-hybridized carbons (Fsp3) is 0.500. The number of methoxy groups -OCH3 is 1. The Morgan fingerprint density at radius 2 is 2.00 bits per heavy atom. The summed E-state index contributed by atoms with van der Waals surface area (Å²) in [5, 5.41) is 0. The predicted molar refractivity (Wildman–Crippen MR) is 62.9 cm³/mol. The highest BCUT2D eigenvalue weighted by atomic mass is 16.5. The number of benzene rings is 1. The third kappa shape index (κ3) is 3.22. The normalized spacial score (nSPS) is 14.7. The summed E-state index contributed by atoms with van der Waals surface area (Å²) in [5.74, 6) is 0.895. The first-order chi connectivity index (χ1) is 7.04. The summed E-state index contributed by atoms with van der Waals surface area (Å²) < 4.78 is 5.20. The Kier molecular flexibility index (Phi) is 4.12. The number of hydrogen-bond donors (Lipinski definition) is 2. The lowest BCUT2D eigenvalue weighted by Crippen LogP contribution is -2.23. The van der Waals surface area contributed by atoms with Crippen LogP contribution in [0.2, 0.25) is 0 Å². The summed E-state index contributed by atoms with van der Waals surface area (Å²) in [6, 6.07) is 6.15. The Bertz CT molecular complexity index is 323. The summed E-state index contributed by atoms with van der Waals surface area (Å²) in [5.41, 5.74) is 14.0. The smallest absolute Gasteiger partial charge is 0.121 e. The minimum absolute atomic E-state index is 0.00889. The fourth-order valence-corrected chi connectivity index (χ4v) is 1.67. The molecule has 2 unspecified atom stereocenters. The first-order valence-corrected chi connectivity index (χ1v) is 5.20. The van der Waals surface area contributed by atoms with Crippen LogP contribution in [0.5, 0.6) is 5.75 Å². The Morgan fingerprint density at radius 3 is 2.47 bits per heavy atom. The van der Waals surface area contributed by atoms with Crippen LogP contribution in [-0.2, 0) is 0 Å². The van der Waals surface area contributed by atoms with E-state index in [9.17, 15) is 0 Å². The second-order valence-electron chi connectivity index (χ2n) is 4.05. The SMILES string of the molecule is COc1ccc(C(N)CC(C)N)cc1C. The second kappa shape index (κ2) is 5.14. The van der Waals surface area contributed by atoms with Crippen LogP contribution in [0.4, 0.5) is 0 Å². The number of hydrogen-bond acceptors (Lipinski definition) is 3. The summed E-state index contributed by atoms with van der Waals surface area (Å²) in [7, 11) is 1.67. The third-order valence-electron chi connectivity index (χ3n) is 2.47. The topological polar surface area (TPSA) is 61.3 Å². The number of rotatable bonds is 4. The van der Waals surface area contributed by atoms with Crippen LogP contribution in [0.25, 0.3) is 0 Å². The number of ether oxygens (including phenoxy) is 1. The van der Waals surface area contributed by atoms with E-state index in [0.29, 0.717) is 0 Å². The van der Waals surface area contributed by atoms with Gasteiger partial charge in [-0.1, -0.05) is 12.1 Å². The van der Waals surface area contributed by atoms with Crippen molar-refractivity contribution in [3.8, 4) is 5.75 Å². The van der Waals surface area contributed by atoms with Gasteiger partial charge in [-0.15, -0.1) is 0 Å². The molecule has 0 spiro atoms. The quantitative estimate of drug-likeness (QED) is 0.792. The molecule has 0 radical (unpaired) electrons. The molecular weight excluding hydrogens is 188 g/mol.